The van der Waals surface area contributed by atoms with E-state index in [-0.39, 0.29) is 12.2 Å². The minimum absolute atomic E-state index is 0.0109. The molecular formula is C17H27F3O3S. The maximum absolute atomic E-state index is 12.4. The number of alkyl halides is 3. The van der Waals surface area contributed by atoms with E-state index in [1.165, 1.54) is 38.5 Å². The van der Waals surface area contributed by atoms with Crippen LogP contribution in [0, 0.1) is 17.8 Å². The molecule has 3 nitrogen and oxygen atoms in total. The highest BCUT2D eigenvalue weighted by molar-refractivity contribution is 7.87. The second-order valence-electron chi connectivity index (χ2n) is 7.26. The van der Waals surface area contributed by atoms with Gasteiger partial charge in [-0.2, -0.15) is 21.6 Å². The van der Waals surface area contributed by atoms with Crippen LogP contribution in [0.3, 0.4) is 0 Å². The summed E-state index contributed by atoms with van der Waals surface area (Å²) in [5, 5.41) is 0. The van der Waals surface area contributed by atoms with Gasteiger partial charge >= 0.3 is 15.6 Å². The van der Waals surface area contributed by atoms with Crippen LogP contribution in [0.2, 0.25) is 0 Å². The fourth-order valence-electron chi connectivity index (χ4n) is 4.19. The summed E-state index contributed by atoms with van der Waals surface area (Å²) < 4.78 is 64.0. The topological polar surface area (TPSA) is 43.4 Å². The van der Waals surface area contributed by atoms with E-state index in [0.29, 0.717) is 30.3 Å². The number of hydrogen-bond acceptors (Lipinski definition) is 3. The third-order valence-electron chi connectivity index (χ3n) is 5.54. The zero-order valence-electron chi connectivity index (χ0n) is 14.4. The summed E-state index contributed by atoms with van der Waals surface area (Å²) in [5.74, 6) is 1.85. The molecule has 1 fully saturated rings. The maximum Gasteiger partial charge on any atom is 0.534 e. The molecule has 0 aromatic carbocycles. The van der Waals surface area contributed by atoms with Crippen molar-refractivity contribution >= 4 is 10.1 Å². The van der Waals surface area contributed by atoms with Crippen molar-refractivity contribution in [3.8, 4) is 0 Å². The molecule has 24 heavy (non-hydrogen) atoms. The summed E-state index contributed by atoms with van der Waals surface area (Å²) in [4.78, 5) is 0. The fraction of sp³-hybridized carbons (Fsp3) is 0.882. The lowest BCUT2D eigenvalue weighted by atomic mass is 9.70. The van der Waals surface area contributed by atoms with Gasteiger partial charge in [0, 0.05) is 6.42 Å². The predicted octanol–water partition coefficient (Wildman–Crippen LogP) is 5.53. The molecule has 1 saturated carbocycles. The Morgan fingerprint density at radius 1 is 1.08 bits per heavy atom. The van der Waals surface area contributed by atoms with E-state index < -0.39 is 15.6 Å². The van der Waals surface area contributed by atoms with Gasteiger partial charge in [0.2, 0.25) is 0 Å². The lowest BCUT2D eigenvalue weighted by molar-refractivity contribution is -0.0525. The summed E-state index contributed by atoms with van der Waals surface area (Å²) in [6.07, 6.45) is 8.97. The fourth-order valence-corrected chi connectivity index (χ4v) is 4.78. The van der Waals surface area contributed by atoms with Gasteiger partial charge in [0.1, 0.15) is 5.76 Å². The van der Waals surface area contributed by atoms with E-state index in [0.717, 1.165) is 5.92 Å². The van der Waals surface area contributed by atoms with Crippen molar-refractivity contribution in [3.05, 3.63) is 11.3 Å². The first-order valence-corrected chi connectivity index (χ1v) is 10.2. The Balaban J connectivity index is 1.94. The average molecular weight is 368 g/mol. The van der Waals surface area contributed by atoms with E-state index in [1.54, 1.807) is 6.92 Å². The van der Waals surface area contributed by atoms with Gasteiger partial charge in [-0.3, -0.25) is 0 Å². The van der Waals surface area contributed by atoms with Gasteiger partial charge in [0.05, 0.1) is 0 Å². The van der Waals surface area contributed by atoms with Gasteiger partial charge in [-0.1, -0.05) is 32.6 Å². The smallest absolute Gasteiger partial charge is 0.381 e. The molecule has 7 heteroatoms. The highest BCUT2D eigenvalue weighted by Gasteiger charge is 2.49. The van der Waals surface area contributed by atoms with Gasteiger partial charge in [-0.15, -0.1) is 0 Å². The average Bonchev–Trinajstić information content (AvgIpc) is 2.49. The Hall–Kier alpha value is -0.720. The molecule has 140 valence electrons. The number of hydrogen-bond donors (Lipinski definition) is 0. The van der Waals surface area contributed by atoms with Crippen molar-refractivity contribution in [1.29, 1.82) is 0 Å². The van der Waals surface area contributed by atoms with Gasteiger partial charge in [0.25, 0.3) is 0 Å². The van der Waals surface area contributed by atoms with Gasteiger partial charge in [-0.25, -0.2) is 0 Å². The van der Waals surface area contributed by atoms with E-state index >= 15 is 0 Å². The minimum atomic E-state index is -5.54. The Kier molecular flexibility index (Phi) is 6.26. The second kappa shape index (κ2) is 7.67. The van der Waals surface area contributed by atoms with Crippen LogP contribution in [0.5, 0.6) is 0 Å². The van der Waals surface area contributed by atoms with Gasteiger partial charge in [-0.05, 0) is 55.9 Å². The van der Waals surface area contributed by atoms with Crippen LogP contribution in [0.4, 0.5) is 13.2 Å². The second-order valence-corrected chi connectivity index (χ2v) is 8.80. The lowest BCUT2D eigenvalue weighted by Gasteiger charge is -2.36. The Labute approximate surface area is 142 Å². The quantitative estimate of drug-likeness (QED) is 0.473. The molecule has 2 aliphatic carbocycles. The molecule has 0 spiro atoms. The highest BCUT2D eigenvalue weighted by Crippen LogP contribution is 2.43. The normalized spacial score (nSPS) is 29.6. The van der Waals surface area contributed by atoms with Crippen molar-refractivity contribution < 1.29 is 25.8 Å². The van der Waals surface area contributed by atoms with Crippen LogP contribution in [0.25, 0.3) is 0 Å². The SMILES string of the molecule is CCCC1CCC(C2CCC(OS(=O)(=O)C(F)(F)F)=C(C)C2)CC1. The van der Waals surface area contributed by atoms with Crippen LogP contribution in [0.15, 0.2) is 11.3 Å². The molecule has 0 aliphatic heterocycles. The molecule has 0 saturated heterocycles. The minimum Gasteiger partial charge on any atom is -0.381 e. The van der Waals surface area contributed by atoms with Crippen molar-refractivity contribution in [3.63, 3.8) is 0 Å². The summed E-state index contributed by atoms with van der Waals surface area (Å²) >= 11 is 0. The molecule has 0 bridgehead atoms. The molecule has 0 aromatic heterocycles. The highest BCUT2D eigenvalue weighted by atomic mass is 32.2. The molecule has 2 aliphatic rings. The van der Waals surface area contributed by atoms with E-state index in [2.05, 4.69) is 11.1 Å². The van der Waals surface area contributed by atoms with Crippen LogP contribution in [0.1, 0.15) is 71.6 Å². The molecular weight excluding hydrogens is 341 g/mol. The van der Waals surface area contributed by atoms with E-state index in [1.807, 2.05) is 0 Å². The summed E-state index contributed by atoms with van der Waals surface area (Å²) in [6.45, 7) is 3.90. The molecule has 0 N–H and O–H groups in total. The van der Waals surface area contributed by atoms with Gasteiger partial charge in [0.15, 0.2) is 0 Å². The van der Waals surface area contributed by atoms with E-state index in [9.17, 15) is 21.6 Å². The van der Waals surface area contributed by atoms with Crippen LogP contribution < -0.4 is 0 Å². The molecule has 0 amide bonds. The zero-order valence-corrected chi connectivity index (χ0v) is 15.2. The zero-order chi connectivity index (χ0) is 18.0. The molecule has 1 atom stereocenters. The maximum atomic E-state index is 12.4. The summed E-state index contributed by atoms with van der Waals surface area (Å²) in [5.41, 5.74) is -4.72. The Morgan fingerprint density at radius 2 is 1.71 bits per heavy atom. The first-order valence-electron chi connectivity index (χ1n) is 8.83. The van der Waals surface area contributed by atoms with E-state index in [4.69, 9.17) is 0 Å². The molecule has 2 rings (SSSR count). The van der Waals surface area contributed by atoms with Crippen LogP contribution in [-0.2, 0) is 14.3 Å². The standard InChI is InChI=1S/C17H27F3O3S/c1-3-4-13-5-7-14(8-6-13)15-9-10-16(12(2)11-15)23-24(21,22)17(18,19)20/h13-15H,3-11H2,1-2H3. The number of allylic oxidation sites excluding steroid dienone is 2. The number of halogens is 3. The van der Waals surface area contributed by atoms with Crippen molar-refractivity contribution in [2.24, 2.45) is 17.8 Å². The van der Waals surface area contributed by atoms with Gasteiger partial charge < -0.3 is 4.18 Å². The molecule has 0 aromatic rings. The third kappa shape index (κ3) is 4.67. The molecule has 1 unspecified atom stereocenters. The van der Waals surface area contributed by atoms with Crippen molar-refractivity contribution in [1.82, 2.24) is 0 Å². The summed E-state index contributed by atoms with van der Waals surface area (Å²) in [7, 11) is -5.54. The van der Waals surface area contributed by atoms with Crippen LogP contribution in [-0.4, -0.2) is 13.9 Å². The van der Waals surface area contributed by atoms with Crippen molar-refractivity contribution in [2.75, 3.05) is 0 Å². The molecule has 0 radical (unpaired) electrons. The monoisotopic (exact) mass is 368 g/mol. The molecule has 0 heterocycles. The Morgan fingerprint density at radius 3 is 2.21 bits per heavy atom. The largest absolute Gasteiger partial charge is 0.534 e. The predicted molar refractivity (Wildman–Crippen MR) is 86.5 cm³/mol. The summed E-state index contributed by atoms with van der Waals surface area (Å²) in [6, 6.07) is 0. The first-order chi connectivity index (χ1) is 11.1. The van der Waals surface area contributed by atoms with Crippen molar-refractivity contribution in [2.45, 2.75) is 77.1 Å². The van der Waals surface area contributed by atoms with Crippen LogP contribution >= 0.6 is 0 Å². The first kappa shape index (κ1) is 19.6. The third-order valence-corrected chi connectivity index (χ3v) is 6.52. The number of rotatable bonds is 5. The Bertz CT molecular complexity index is 558. The lowest BCUT2D eigenvalue weighted by Crippen LogP contribution is -2.28.